The van der Waals surface area contributed by atoms with Crippen molar-refractivity contribution in [3.05, 3.63) is 59.9 Å². The Morgan fingerprint density at radius 3 is 2.13 bits per heavy atom. The second-order valence-corrected chi connectivity index (χ2v) is 9.81. The van der Waals surface area contributed by atoms with Crippen LogP contribution in [0.25, 0.3) is 0 Å². The van der Waals surface area contributed by atoms with E-state index in [9.17, 15) is 22.4 Å². The Morgan fingerprint density at radius 2 is 1.55 bits per heavy atom. The van der Waals surface area contributed by atoms with Crippen LogP contribution < -0.4 is 5.32 Å². The van der Waals surface area contributed by atoms with Gasteiger partial charge in [-0.05, 0) is 75.2 Å². The smallest absolute Gasteiger partial charge is 0.243 e. The first-order chi connectivity index (χ1) is 14.7. The van der Waals surface area contributed by atoms with Gasteiger partial charge in [-0.1, -0.05) is 6.42 Å². The monoisotopic (exact) mass is 446 g/mol. The summed E-state index contributed by atoms with van der Waals surface area (Å²) in [6.45, 7) is 3.85. The number of halogens is 1. The molecule has 0 unspecified atom stereocenters. The minimum absolute atomic E-state index is 0.00529. The lowest BCUT2D eigenvalue weighted by Crippen LogP contribution is -2.47. The molecule has 2 atom stereocenters. The number of hydrogen-bond acceptors (Lipinski definition) is 4. The number of piperidine rings is 1. The summed E-state index contributed by atoms with van der Waals surface area (Å²) in [6, 6.07) is 11.2. The number of carbonyl (C=O) groups excluding carboxylic acids is 2. The minimum Gasteiger partial charge on any atom is -0.326 e. The van der Waals surface area contributed by atoms with E-state index in [1.54, 1.807) is 16.4 Å². The molecule has 1 saturated heterocycles. The van der Waals surface area contributed by atoms with Crippen molar-refractivity contribution < 1.29 is 22.4 Å². The fourth-order valence-electron chi connectivity index (χ4n) is 3.93. The number of ketones is 1. The number of hydrogen-bond donors (Lipinski definition) is 1. The summed E-state index contributed by atoms with van der Waals surface area (Å²) in [4.78, 5) is 24.5. The number of sulfonamides is 1. The van der Waals surface area contributed by atoms with E-state index in [2.05, 4.69) is 5.32 Å². The third-order valence-corrected chi connectivity index (χ3v) is 7.71. The maximum absolute atomic E-state index is 13.1. The standard InChI is InChI=1S/C23H27FN2O4S/c1-16-4-3-5-17(2)26(16)31(29,30)21-12-10-20(11-13-21)25-23(28)15-14-22(27)18-6-8-19(24)9-7-18/h6-13,16-17H,3-5,14-15H2,1-2H3,(H,25,28)/t16-,17-/m1/s1. The van der Waals surface area contributed by atoms with Gasteiger partial charge < -0.3 is 5.32 Å². The summed E-state index contributed by atoms with van der Waals surface area (Å²) in [5.74, 6) is -1.03. The molecule has 0 aliphatic carbocycles. The Hall–Kier alpha value is -2.58. The third kappa shape index (κ3) is 5.57. The van der Waals surface area contributed by atoms with Gasteiger partial charge in [-0.2, -0.15) is 4.31 Å². The molecule has 0 bridgehead atoms. The average Bonchev–Trinajstić information content (AvgIpc) is 2.72. The van der Waals surface area contributed by atoms with Crippen LogP contribution in [-0.4, -0.2) is 36.5 Å². The van der Waals surface area contributed by atoms with E-state index in [4.69, 9.17) is 0 Å². The zero-order chi connectivity index (χ0) is 22.6. The van der Waals surface area contributed by atoms with Gasteiger partial charge in [-0.3, -0.25) is 9.59 Å². The van der Waals surface area contributed by atoms with Crippen molar-refractivity contribution in [3.8, 4) is 0 Å². The molecule has 2 aromatic carbocycles. The van der Waals surface area contributed by atoms with Crippen LogP contribution in [0, 0.1) is 5.82 Å². The predicted octanol–water partition coefficient (Wildman–Crippen LogP) is 4.38. The molecular formula is C23H27FN2O4S. The van der Waals surface area contributed by atoms with Crippen molar-refractivity contribution in [1.82, 2.24) is 4.31 Å². The third-order valence-electron chi connectivity index (χ3n) is 5.57. The largest absolute Gasteiger partial charge is 0.326 e. The summed E-state index contributed by atoms with van der Waals surface area (Å²) < 4.78 is 40.6. The van der Waals surface area contributed by atoms with Gasteiger partial charge in [-0.15, -0.1) is 0 Å². The molecule has 8 heteroatoms. The highest BCUT2D eigenvalue weighted by Gasteiger charge is 2.35. The topological polar surface area (TPSA) is 83.6 Å². The number of nitrogens with zero attached hydrogens (tertiary/aromatic N) is 1. The van der Waals surface area contributed by atoms with E-state index < -0.39 is 15.8 Å². The second kappa shape index (κ2) is 9.70. The molecule has 1 aliphatic heterocycles. The molecule has 1 amide bonds. The molecule has 3 rings (SSSR count). The number of nitrogens with one attached hydrogen (secondary N) is 1. The van der Waals surface area contributed by atoms with Crippen LogP contribution in [0.15, 0.2) is 53.4 Å². The SMILES string of the molecule is C[C@@H]1CCC[C@@H](C)N1S(=O)(=O)c1ccc(NC(=O)CCC(=O)c2ccc(F)cc2)cc1. The Labute approximate surface area is 182 Å². The van der Waals surface area contributed by atoms with Crippen LogP contribution in [-0.2, 0) is 14.8 Å². The highest BCUT2D eigenvalue weighted by atomic mass is 32.2. The Kier molecular flexibility index (Phi) is 7.23. The van der Waals surface area contributed by atoms with E-state index in [-0.39, 0.29) is 41.5 Å². The van der Waals surface area contributed by atoms with Crippen LogP contribution in [0.3, 0.4) is 0 Å². The lowest BCUT2D eigenvalue weighted by molar-refractivity contribution is -0.116. The van der Waals surface area contributed by atoms with Crippen molar-refractivity contribution in [2.24, 2.45) is 0 Å². The molecule has 1 fully saturated rings. The molecule has 1 heterocycles. The maximum atomic E-state index is 13.1. The molecule has 0 radical (unpaired) electrons. The van der Waals surface area contributed by atoms with Crippen LogP contribution >= 0.6 is 0 Å². The highest BCUT2D eigenvalue weighted by Crippen LogP contribution is 2.30. The van der Waals surface area contributed by atoms with Crippen LogP contribution in [0.4, 0.5) is 10.1 Å². The van der Waals surface area contributed by atoms with Gasteiger partial charge in [0.05, 0.1) is 4.90 Å². The predicted molar refractivity (Wildman–Crippen MR) is 117 cm³/mol. The van der Waals surface area contributed by atoms with E-state index in [1.807, 2.05) is 13.8 Å². The molecule has 6 nitrogen and oxygen atoms in total. The summed E-state index contributed by atoms with van der Waals surface area (Å²) in [5.41, 5.74) is 0.808. The van der Waals surface area contributed by atoms with Gasteiger partial charge in [0.2, 0.25) is 15.9 Å². The first kappa shape index (κ1) is 23.1. The zero-order valence-corrected chi connectivity index (χ0v) is 18.5. The lowest BCUT2D eigenvalue weighted by atomic mass is 10.0. The van der Waals surface area contributed by atoms with Crippen LogP contribution in [0.2, 0.25) is 0 Å². The quantitative estimate of drug-likeness (QED) is 0.640. The number of benzene rings is 2. The Bertz CT molecular complexity index is 1030. The Morgan fingerprint density at radius 1 is 0.968 bits per heavy atom. The van der Waals surface area contributed by atoms with Crippen LogP contribution in [0.5, 0.6) is 0 Å². The normalized spacial score (nSPS) is 19.7. The first-order valence-electron chi connectivity index (χ1n) is 10.4. The molecule has 0 spiro atoms. The molecule has 0 aromatic heterocycles. The number of carbonyl (C=O) groups is 2. The molecule has 1 aliphatic rings. The minimum atomic E-state index is -3.61. The fraction of sp³-hybridized carbons (Fsp3) is 0.391. The van der Waals surface area contributed by atoms with Crippen LogP contribution in [0.1, 0.15) is 56.3 Å². The number of amides is 1. The summed E-state index contributed by atoms with van der Waals surface area (Å²) in [6.07, 6.45) is 2.67. The molecule has 1 N–H and O–H groups in total. The van der Waals surface area contributed by atoms with Gasteiger partial charge in [0.25, 0.3) is 0 Å². The molecule has 0 saturated carbocycles. The van der Waals surface area contributed by atoms with E-state index in [1.165, 1.54) is 36.4 Å². The van der Waals surface area contributed by atoms with Gasteiger partial charge in [0.1, 0.15) is 5.82 Å². The Balaban J connectivity index is 1.59. The zero-order valence-electron chi connectivity index (χ0n) is 17.7. The average molecular weight is 447 g/mol. The van der Waals surface area contributed by atoms with Gasteiger partial charge >= 0.3 is 0 Å². The molecule has 166 valence electrons. The maximum Gasteiger partial charge on any atom is 0.243 e. The highest BCUT2D eigenvalue weighted by molar-refractivity contribution is 7.89. The van der Waals surface area contributed by atoms with E-state index in [0.717, 1.165) is 19.3 Å². The number of rotatable bonds is 7. The van der Waals surface area contributed by atoms with Crippen molar-refractivity contribution in [1.29, 1.82) is 0 Å². The van der Waals surface area contributed by atoms with Crippen molar-refractivity contribution >= 4 is 27.4 Å². The van der Waals surface area contributed by atoms with E-state index in [0.29, 0.717) is 11.3 Å². The van der Waals surface area contributed by atoms with Crippen molar-refractivity contribution in [2.75, 3.05) is 5.32 Å². The van der Waals surface area contributed by atoms with Gasteiger partial charge in [0, 0.05) is 36.2 Å². The summed E-state index contributed by atoms with van der Waals surface area (Å²) in [5, 5.41) is 2.67. The fourth-order valence-corrected chi connectivity index (χ4v) is 5.82. The van der Waals surface area contributed by atoms with Crippen molar-refractivity contribution in [2.45, 2.75) is 62.9 Å². The van der Waals surface area contributed by atoms with E-state index >= 15 is 0 Å². The first-order valence-corrected chi connectivity index (χ1v) is 11.8. The lowest BCUT2D eigenvalue weighted by Gasteiger charge is -2.37. The van der Waals surface area contributed by atoms with Crippen molar-refractivity contribution in [3.63, 3.8) is 0 Å². The number of Topliss-reactive ketones (excluding diaryl/α,β-unsaturated/α-hetero) is 1. The second-order valence-electron chi connectivity index (χ2n) is 7.97. The number of anilines is 1. The van der Waals surface area contributed by atoms with Gasteiger partial charge in [0.15, 0.2) is 5.78 Å². The van der Waals surface area contributed by atoms with Gasteiger partial charge in [-0.25, -0.2) is 12.8 Å². The molecule has 31 heavy (non-hydrogen) atoms. The summed E-state index contributed by atoms with van der Waals surface area (Å²) in [7, 11) is -3.61. The molecular weight excluding hydrogens is 419 g/mol. The summed E-state index contributed by atoms with van der Waals surface area (Å²) >= 11 is 0. The molecule has 2 aromatic rings.